The second-order valence-corrected chi connectivity index (χ2v) is 5.70. The number of unbranched alkanes of at least 4 members (excludes halogenated alkanes) is 1. The third-order valence-corrected chi connectivity index (χ3v) is 4.03. The summed E-state index contributed by atoms with van der Waals surface area (Å²) in [7, 11) is 0. The number of hydrogen-bond donors (Lipinski definition) is 1. The molecule has 1 aliphatic rings. The number of rotatable bonds is 5. The van der Waals surface area contributed by atoms with Crippen molar-refractivity contribution in [2.24, 2.45) is 0 Å². The summed E-state index contributed by atoms with van der Waals surface area (Å²) in [5.41, 5.74) is 3.08. The average Bonchev–Trinajstić information content (AvgIpc) is 2.74. The third kappa shape index (κ3) is 3.53. The number of anilines is 1. The van der Waals surface area contributed by atoms with E-state index in [0.29, 0.717) is 5.75 Å². The summed E-state index contributed by atoms with van der Waals surface area (Å²) in [6, 6.07) is 6.01. The summed E-state index contributed by atoms with van der Waals surface area (Å²) in [5, 5.41) is 4.14. The first kappa shape index (κ1) is 13.5. The zero-order valence-electron chi connectivity index (χ0n) is 10.3. The van der Waals surface area contributed by atoms with Gasteiger partial charge in [-0.15, -0.1) is 0 Å². The van der Waals surface area contributed by atoms with Gasteiger partial charge in [-0.2, -0.15) is 0 Å². The van der Waals surface area contributed by atoms with Crippen LogP contribution in [0.15, 0.2) is 30.0 Å². The average molecular weight is 282 g/mol. The summed E-state index contributed by atoms with van der Waals surface area (Å²) in [6.45, 7) is 2.17. The Balaban J connectivity index is 2.04. The van der Waals surface area contributed by atoms with Crippen LogP contribution in [0.5, 0.6) is 0 Å². The van der Waals surface area contributed by atoms with Crippen molar-refractivity contribution in [1.29, 1.82) is 0 Å². The molecular weight excluding hydrogens is 266 g/mol. The first-order valence-corrected chi connectivity index (χ1v) is 7.48. The molecule has 0 fully saturated rings. The van der Waals surface area contributed by atoms with Crippen molar-refractivity contribution in [3.8, 4) is 0 Å². The van der Waals surface area contributed by atoms with E-state index in [1.165, 1.54) is 23.7 Å². The molecule has 0 aromatic heterocycles. The molecular formula is C14H16ClNOS. The van der Waals surface area contributed by atoms with Crippen LogP contribution in [0, 0.1) is 0 Å². The molecule has 2 rings (SSSR count). The highest BCUT2D eigenvalue weighted by Crippen LogP contribution is 2.26. The smallest absolute Gasteiger partial charge is 0.214 e. The molecule has 0 unspecified atom stereocenters. The Morgan fingerprint density at radius 1 is 1.44 bits per heavy atom. The highest BCUT2D eigenvalue weighted by atomic mass is 35.5. The van der Waals surface area contributed by atoms with Gasteiger partial charge in [0.2, 0.25) is 5.12 Å². The van der Waals surface area contributed by atoms with Crippen molar-refractivity contribution in [2.75, 3.05) is 11.1 Å². The maximum atomic E-state index is 11.1. The van der Waals surface area contributed by atoms with E-state index in [9.17, 15) is 4.79 Å². The van der Waals surface area contributed by atoms with Gasteiger partial charge in [0.05, 0.1) is 0 Å². The van der Waals surface area contributed by atoms with E-state index in [2.05, 4.69) is 18.3 Å². The van der Waals surface area contributed by atoms with Gasteiger partial charge in [-0.25, -0.2) is 0 Å². The van der Waals surface area contributed by atoms with Crippen LogP contribution in [-0.4, -0.2) is 10.9 Å². The van der Waals surface area contributed by atoms with E-state index in [0.717, 1.165) is 29.2 Å². The Bertz CT molecular complexity index is 485. The minimum absolute atomic E-state index is 0.114. The molecule has 2 nitrogen and oxygen atoms in total. The normalized spacial score (nSPS) is 14.8. The number of hydrogen-bond acceptors (Lipinski definition) is 3. The minimum atomic E-state index is 0.114. The number of thioether (sulfide) groups is 1. The van der Waals surface area contributed by atoms with Crippen molar-refractivity contribution in [1.82, 2.24) is 0 Å². The fourth-order valence-corrected chi connectivity index (χ4v) is 2.78. The zero-order chi connectivity index (χ0) is 13.0. The molecule has 0 saturated heterocycles. The van der Waals surface area contributed by atoms with Crippen LogP contribution in [-0.2, 0) is 11.2 Å². The molecule has 0 radical (unpaired) electrons. The monoisotopic (exact) mass is 281 g/mol. The van der Waals surface area contributed by atoms with Gasteiger partial charge >= 0.3 is 0 Å². The molecule has 1 N–H and O–H groups in total. The van der Waals surface area contributed by atoms with E-state index < -0.39 is 0 Å². The van der Waals surface area contributed by atoms with Gasteiger partial charge in [-0.3, -0.25) is 4.79 Å². The molecule has 0 spiro atoms. The molecule has 0 aliphatic carbocycles. The highest BCUT2D eigenvalue weighted by Gasteiger charge is 2.12. The van der Waals surface area contributed by atoms with Gasteiger partial charge in [-0.1, -0.05) is 42.8 Å². The third-order valence-electron chi connectivity index (χ3n) is 2.82. The van der Waals surface area contributed by atoms with E-state index in [-0.39, 0.29) is 5.12 Å². The largest absolute Gasteiger partial charge is 0.358 e. The van der Waals surface area contributed by atoms with Crippen molar-refractivity contribution >= 4 is 34.2 Å². The standard InChI is InChI=1S/C14H16ClNOS/c1-2-3-4-10-5-6-11(7-13(10)15)16-12-8-14(17)18-9-12/h5-8,16H,2-4,9H2,1H3. The van der Waals surface area contributed by atoms with Crippen LogP contribution in [0.25, 0.3) is 0 Å². The van der Waals surface area contributed by atoms with Gasteiger partial charge in [0, 0.05) is 28.2 Å². The van der Waals surface area contributed by atoms with Crippen molar-refractivity contribution < 1.29 is 4.79 Å². The summed E-state index contributed by atoms with van der Waals surface area (Å²) >= 11 is 7.56. The second kappa shape index (κ2) is 6.30. The maximum Gasteiger partial charge on any atom is 0.214 e. The Labute approximate surface area is 117 Å². The molecule has 96 valence electrons. The van der Waals surface area contributed by atoms with E-state index >= 15 is 0 Å². The molecule has 18 heavy (non-hydrogen) atoms. The fraction of sp³-hybridized carbons (Fsp3) is 0.357. The first-order chi connectivity index (χ1) is 8.69. The SMILES string of the molecule is CCCCc1ccc(NC2=CC(=O)SC2)cc1Cl. The zero-order valence-corrected chi connectivity index (χ0v) is 11.9. The van der Waals surface area contributed by atoms with Gasteiger partial charge < -0.3 is 5.32 Å². The number of nitrogens with one attached hydrogen (secondary N) is 1. The predicted molar refractivity (Wildman–Crippen MR) is 79.2 cm³/mol. The maximum absolute atomic E-state index is 11.1. The second-order valence-electron chi connectivity index (χ2n) is 4.31. The number of carbonyl (C=O) groups excluding carboxylic acids is 1. The molecule has 4 heteroatoms. The number of aryl methyl sites for hydroxylation is 1. The molecule has 0 bridgehead atoms. The molecule has 1 aliphatic heterocycles. The molecule has 1 heterocycles. The topological polar surface area (TPSA) is 29.1 Å². The number of carbonyl (C=O) groups is 1. The highest BCUT2D eigenvalue weighted by molar-refractivity contribution is 8.14. The van der Waals surface area contributed by atoms with Gasteiger partial charge in [0.1, 0.15) is 0 Å². The summed E-state index contributed by atoms with van der Waals surface area (Å²) in [6.07, 6.45) is 4.99. The molecule has 1 aromatic rings. The Morgan fingerprint density at radius 2 is 2.28 bits per heavy atom. The fourth-order valence-electron chi connectivity index (χ4n) is 1.83. The lowest BCUT2D eigenvalue weighted by Gasteiger charge is -2.09. The van der Waals surface area contributed by atoms with Crippen LogP contribution in [0.2, 0.25) is 5.02 Å². The van der Waals surface area contributed by atoms with E-state index in [4.69, 9.17) is 11.6 Å². The molecule has 0 amide bonds. The van der Waals surface area contributed by atoms with Crippen LogP contribution < -0.4 is 5.32 Å². The van der Waals surface area contributed by atoms with E-state index in [1.807, 2.05) is 12.1 Å². The van der Waals surface area contributed by atoms with Gasteiger partial charge in [0.25, 0.3) is 0 Å². The number of halogens is 1. The van der Waals surface area contributed by atoms with Crippen LogP contribution in [0.4, 0.5) is 5.69 Å². The quantitative estimate of drug-likeness (QED) is 0.875. The summed E-state index contributed by atoms with van der Waals surface area (Å²) < 4.78 is 0. The first-order valence-electron chi connectivity index (χ1n) is 6.12. The minimum Gasteiger partial charge on any atom is -0.358 e. The number of benzene rings is 1. The van der Waals surface area contributed by atoms with Crippen molar-refractivity contribution in [2.45, 2.75) is 26.2 Å². The molecule has 0 saturated carbocycles. The van der Waals surface area contributed by atoms with Crippen molar-refractivity contribution in [3.63, 3.8) is 0 Å². The lowest BCUT2D eigenvalue weighted by atomic mass is 10.1. The Hall–Kier alpha value is -0.930. The van der Waals surface area contributed by atoms with Crippen LogP contribution >= 0.6 is 23.4 Å². The predicted octanol–water partition coefficient (Wildman–Crippen LogP) is 4.25. The Morgan fingerprint density at radius 3 is 2.89 bits per heavy atom. The van der Waals surface area contributed by atoms with Crippen molar-refractivity contribution in [3.05, 3.63) is 40.6 Å². The lowest BCUT2D eigenvalue weighted by molar-refractivity contribution is -0.106. The van der Waals surface area contributed by atoms with Gasteiger partial charge in [0.15, 0.2) is 0 Å². The van der Waals surface area contributed by atoms with Crippen LogP contribution in [0.3, 0.4) is 0 Å². The van der Waals surface area contributed by atoms with Crippen LogP contribution in [0.1, 0.15) is 25.3 Å². The lowest BCUT2D eigenvalue weighted by Crippen LogP contribution is -1.99. The Kier molecular flexibility index (Phi) is 4.72. The molecule has 0 atom stereocenters. The van der Waals surface area contributed by atoms with Gasteiger partial charge in [-0.05, 0) is 30.5 Å². The van der Waals surface area contributed by atoms with E-state index in [1.54, 1.807) is 6.08 Å². The molecule has 1 aromatic carbocycles. The summed E-state index contributed by atoms with van der Waals surface area (Å²) in [5.74, 6) is 0.716. The summed E-state index contributed by atoms with van der Waals surface area (Å²) in [4.78, 5) is 11.1.